The van der Waals surface area contributed by atoms with Crippen LogP contribution in [0.4, 0.5) is 0 Å². The molecule has 0 atom stereocenters. The molecule has 2 N–H and O–H groups in total. The first-order chi connectivity index (χ1) is 15.0. The van der Waals surface area contributed by atoms with Gasteiger partial charge in [-0.2, -0.15) is 5.10 Å². The number of methoxy groups -OCH3 is 3. The Morgan fingerprint density at radius 2 is 1.81 bits per heavy atom. The molecule has 10 nitrogen and oxygen atoms in total. The molecule has 0 aliphatic heterocycles. The van der Waals surface area contributed by atoms with Crippen molar-refractivity contribution in [1.82, 2.24) is 25.1 Å². The van der Waals surface area contributed by atoms with Gasteiger partial charge in [-0.1, -0.05) is 6.92 Å². The number of ether oxygens (including phenoxy) is 3. The zero-order chi connectivity index (χ0) is 22.4. The van der Waals surface area contributed by atoms with Gasteiger partial charge in [0.05, 0.1) is 33.4 Å². The molecule has 0 unspecified atom stereocenters. The fourth-order valence-corrected chi connectivity index (χ4v) is 3.02. The molecule has 0 aliphatic rings. The van der Waals surface area contributed by atoms with E-state index in [-0.39, 0.29) is 23.7 Å². The Kier molecular flexibility index (Phi) is 6.91. The minimum atomic E-state index is -0.336. The van der Waals surface area contributed by atoms with Crippen LogP contribution >= 0.6 is 0 Å². The molecule has 10 heteroatoms. The van der Waals surface area contributed by atoms with E-state index in [0.29, 0.717) is 41.5 Å². The molecule has 2 aromatic heterocycles. The highest BCUT2D eigenvalue weighted by Crippen LogP contribution is 2.40. The lowest BCUT2D eigenvalue weighted by Crippen LogP contribution is -2.31. The van der Waals surface area contributed by atoms with E-state index in [0.717, 1.165) is 5.69 Å². The molecule has 164 valence electrons. The number of carbonyl (C=O) groups is 1. The van der Waals surface area contributed by atoms with Gasteiger partial charge in [-0.25, -0.2) is 4.98 Å². The summed E-state index contributed by atoms with van der Waals surface area (Å²) in [6, 6.07) is 6.62. The average Bonchev–Trinajstić information content (AvgIpc) is 3.29. The number of hydrogen-bond acceptors (Lipinski definition) is 7. The number of aromatic amines is 1. The molecule has 0 spiro atoms. The number of H-pyrrole nitrogens is 1. The van der Waals surface area contributed by atoms with Gasteiger partial charge in [0.1, 0.15) is 5.69 Å². The molecule has 2 heterocycles. The smallest absolute Gasteiger partial charge is 0.269 e. The highest BCUT2D eigenvalue weighted by molar-refractivity contribution is 5.93. The van der Waals surface area contributed by atoms with E-state index in [4.69, 9.17) is 14.2 Å². The summed E-state index contributed by atoms with van der Waals surface area (Å²) in [4.78, 5) is 28.7. The zero-order valence-corrected chi connectivity index (χ0v) is 17.9. The van der Waals surface area contributed by atoms with Crippen LogP contribution in [-0.2, 0) is 13.0 Å². The summed E-state index contributed by atoms with van der Waals surface area (Å²) >= 11 is 0. The Labute approximate surface area is 179 Å². The van der Waals surface area contributed by atoms with Crippen molar-refractivity contribution in [3.05, 3.63) is 52.3 Å². The van der Waals surface area contributed by atoms with Gasteiger partial charge in [-0.3, -0.25) is 19.3 Å². The number of rotatable bonds is 9. The SMILES string of the molecule is CCc1cc(=O)n(CCNC(=O)c2cc(-c3cc(OC)c(OC)c(OC)c3)n[nH]2)cn1. The van der Waals surface area contributed by atoms with E-state index in [2.05, 4.69) is 20.5 Å². The van der Waals surface area contributed by atoms with Crippen molar-refractivity contribution in [2.45, 2.75) is 19.9 Å². The molecule has 0 aliphatic carbocycles. The Hall–Kier alpha value is -3.82. The van der Waals surface area contributed by atoms with Gasteiger partial charge in [0.25, 0.3) is 11.5 Å². The first-order valence-electron chi connectivity index (χ1n) is 9.70. The van der Waals surface area contributed by atoms with Gasteiger partial charge in [0.15, 0.2) is 11.5 Å². The van der Waals surface area contributed by atoms with Crippen LogP contribution in [0.1, 0.15) is 23.1 Å². The molecule has 1 aromatic carbocycles. The van der Waals surface area contributed by atoms with Crippen LogP contribution in [0, 0.1) is 0 Å². The lowest BCUT2D eigenvalue weighted by molar-refractivity contribution is 0.0947. The molecule has 3 aromatic rings. The van der Waals surface area contributed by atoms with Crippen LogP contribution in [0.3, 0.4) is 0 Å². The van der Waals surface area contributed by atoms with Crippen molar-refractivity contribution >= 4 is 5.91 Å². The lowest BCUT2D eigenvalue weighted by atomic mass is 10.1. The van der Waals surface area contributed by atoms with Crippen LogP contribution < -0.4 is 25.1 Å². The largest absolute Gasteiger partial charge is 0.493 e. The molecule has 0 saturated heterocycles. The van der Waals surface area contributed by atoms with Gasteiger partial charge in [0, 0.05) is 30.4 Å². The number of nitrogens with one attached hydrogen (secondary N) is 2. The van der Waals surface area contributed by atoms with Crippen LogP contribution in [0.2, 0.25) is 0 Å². The topological polar surface area (TPSA) is 120 Å². The lowest BCUT2D eigenvalue weighted by Gasteiger charge is -2.13. The van der Waals surface area contributed by atoms with E-state index in [9.17, 15) is 9.59 Å². The van der Waals surface area contributed by atoms with Crippen molar-refractivity contribution in [2.24, 2.45) is 0 Å². The van der Waals surface area contributed by atoms with Crippen LogP contribution in [0.5, 0.6) is 17.2 Å². The van der Waals surface area contributed by atoms with Gasteiger partial charge in [0.2, 0.25) is 5.75 Å². The molecular formula is C21H25N5O5. The first-order valence-corrected chi connectivity index (χ1v) is 9.70. The predicted molar refractivity (Wildman–Crippen MR) is 114 cm³/mol. The van der Waals surface area contributed by atoms with Crippen molar-refractivity contribution < 1.29 is 19.0 Å². The Balaban J connectivity index is 1.69. The van der Waals surface area contributed by atoms with E-state index < -0.39 is 0 Å². The first kappa shape index (κ1) is 21.9. The van der Waals surface area contributed by atoms with Crippen molar-refractivity contribution in [3.63, 3.8) is 0 Å². The minimum absolute atomic E-state index is 0.146. The average molecular weight is 427 g/mol. The fraction of sp³-hybridized carbons (Fsp3) is 0.333. The monoisotopic (exact) mass is 427 g/mol. The van der Waals surface area contributed by atoms with Crippen molar-refractivity contribution in [3.8, 4) is 28.5 Å². The summed E-state index contributed by atoms with van der Waals surface area (Å²) in [6.07, 6.45) is 2.19. The van der Waals surface area contributed by atoms with Gasteiger partial charge in [-0.05, 0) is 24.6 Å². The maximum Gasteiger partial charge on any atom is 0.269 e. The van der Waals surface area contributed by atoms with Crippen molar-refractivity contribution in [1.29, 1.82) is 0 Å². The zero-order valence-electron chi connectivity index (χ0n) is 17.9. The number of benzene rings is 1. The van der Waals surface area contributed by atoms with E-state index in [1.807, 2.05) is 6.92 Å². The van der Waals surface area contributed by atoms with E-state index in [1.54, 1.807) is 18.2 Å². The number of aryl methyl sites for hydroxylation is 1. The minimum Gasteiger partial charge on any atom is -0.493 e. The molecule has 0 bridgehead atoms. The standard InChI is InChI=1S/C21H25N5O5/c1-5-14-10-19(27)26(12-23-14)7-6-22-21(28)16-11-15(24-25-16)13-8-17(29-2)20(31-4)18(9-13)30-3/h8-12H,5-7H2,1-4H3,(H,22,28)(H,24,25). The Morgan fingerprint density at radius 3 is 2.39 bits per heavy atom. The third kappa shape index (κ3) is 4.85. The van der Waals surface area contributed by atoms with Crippen LogP contribution in [0.25, 0.3) is 11.3 Å². The summed E-state index contributed by atoms with van der Waals surface area (Å²) in [5.41, 5.74) is 2.11. The quantitative estimate of drug-likeness (QED) is 0.533. The molecule has 0 radical (unpaired) electrons. The van der Waals surface area contributed by atoms with Gasteiger partial charge >= 0.3 is 0 Å². The third-order valence-corrected chi connectivity index (χ3v) is 4.72. The second kappa shape index (κ2) is 9.79. The Bertz CT molecular complexity index is 1100. The Morgan fingerprint density at radius 1 is 1.10 bits per heavy atom. The summed E-state index contributed by atoms with van der Waals surface area (Å²) in [5.74, 6) is 1.11. The summed E-state index contributed by atoms with van der Waals surface area (Å²) in [5, 5.41) is 9.70. The predicted octanol–water partition coefficient (Wildman–Crippen LogP) is 1.65. The fourth-order valence-electron chi connectivity index (χ4n) is 3.02. The molecule has 0 saturated carbocycles. The second-order valence-electron chi connectivity index (χ2n) is 6.60. The summed E-state index contributed by atoms with van der Waals surface area (Å²) in [7, 11) is 4.58. The summed E-state index contributed by atoms with van der Waals surface area (Å²) < 4.78 is 17.5. The molecule has 3 rings (SSSR count). The summed E-state index contributed by atoms with van der Waals surface area (Å²) in [6.45, 7) is 2.52. The number of carbonyl (C=O) groups excluding carboxylic acids is 1. The number of aromatic nitrogens is 4. The van der Waals surface area contributed by atoms with E-state index >= 15 is 0 Å². The third-order valence-electron chi connectivity index (χ3n) is 4.72. The second-order valence-corrected chi connectivity index (χ2v) is 6.60. The number of hydrogen-bond donors (Lipinski definition) is 2. The van der Waals surface area contributed by atoms with Gasteiger partial charge in [-0.15, -0.1) is 0 Å². The molecule has 0 fully saturated rings. The normalized spacial score (nSPS) is 10.6. The maximum absolute atomic E-state index is 12.5. The molecule has 31 heavy (non-hydrogen) atoms. The van der Waals surface area contributed by atoms with Crippen molar-refractivity contribution in [2.75, 3.05) is 27.9 Å². The highest BCUT2D eigenvalue weighted by atomic mass is 16.5. The van der Waals surface area contributed by atoms with Crippen LogP contribution in [-0.4, -0.2) is 53.5 Å². The molecular weight excluding hydrogens is 402 g/mol. The highest BCUT2D eigenvalue weighted by Gasteiger charge is 2.17. The maximum atomic E-state index is 12.5. The van der Waals surface area contributed by atoms with Gasteiger partial charge < -0.3 is 19.5 Å². The molecule has 1 amide bonds. The van der Waals surface area contributed by atoms with Crippen LogP contribution in [0.15, 0.2) is 35.4 Å². The number of nitrogens with zero attached hydrogens (tertiary/aromatic N) is 3. The van der Waals surface area contributed by atoms with E-state index in [1.165, 1.54) is 38.3 Å². The number of amides is 1.